The van der Waals surface area contributed by atoms with Crippen molar-refractivity contribution in [1.29, 1.82) is 0 Å². The topological polar surface area (TPSA) is 32.8 Å². The summed E-state index contributed by atoms with van der Waals surface area (Å²) >= 11 is 6.50. The molecule has 2 aromatic rings. The fraction of sp³-hybridized carbons (Fsp3) is 0.458. The summed E-state index contributed by atoms with van der Waals surface area (Å²) in [7, 11) is 0. The summed E-state index contributed by atoms with van der Waals surface area (Å²) in [6.45, 7) is 6.26. The molecule has 172 valence electrons. The third kappa shape index (κ3) is 5.38. The van der Waals surface area contributed by atoms with Crippen molar-refractivity contribution in [3.8, 4) is 5.75 Å². The number of likely N-dealkylation sites (tertiary alicyclic amines) is 1. The SMILES string of the molecule is CCN1CCC(Cc2cc(Cl)c3c(c2)CN(Cc2ccc(OC(F)(F)F)cc2)C3=O)CC1. The summed E-state index contributed by atoms with van der Waals surface area (Å²) in [5, 5.41) is 0.477. The van der Waals surface area contributed by atoms with Crippen LogP contribution in [0.3, 0.4) is 0 Å². The summed E-state index contributed by atoms with van der Waals surface area (Å²) in [5.41, 5.74) is 3.33. The van der Waals surface area contributed by atoms with E-state index < -0.39 is 6.36 Å². The molecule has 0 N–H and O–H groups in total. The molecule has 0 radical (unpaired) electrons. The molecule has 0 aliphatic carbocycles. The van der Waals surface area contributed by atoms with Crippen LogP contribution in [0.1, 0.15) is 46.8 Å². The Bertz CT molecular complexity index is 970. The molecule has 2 aromatic carbocycles. The highest BCUT2D eigenvalue weighted by molar-refractivity contribution is 6.34. The summed E-state index contributed by atoms with van der Waals surface area (Å²) in [6, 6.07) is 9.58. The molecule has 1 amide bonds. The van der Waals surface area contributed by atoms with Crippen LogP contribution in [0.2, 0.25) is 5.02 Å². The Morgan fingerprint density at radius 3 is 2.41 bits per heavy atom. The highest BCUT2D eigenvalue weighted by Gasteiger charge is 2.32. The third-order valence-electron chi connectivity index (χ3n) is 6.30. The Balaban J connectivity index is 1.41. The van der Waals surface area contributed by atoms with Gasteiger partial charge in [-0.3, -0.25) is 4.79 Å². The lowest BCUT2D eigenvalue weighted by molar-refractivity contribution is -0.274. The number of halogens is 4. The first-order chi connectivity index (χ1) is 15.2. The predicted octanol–water partition coefficient (Wildman–Crippen LogP) is 5.67. The zero-order valence-electron chi connectivity index (χ0n) is 17.9. The van der Waals surface area contributed by atoms with Gasteiger partial charge in [0.25, 0.3) is 5.91 Å². The number of carbonyl (C=O) groups excluding carboxylic acids is 1. The van der Waals surface area contributed by atoms with Gasteiger partial charge in [-0.1, -0.05) is 36.7 Å². The monoisotopic (exact) mass is 466 g/mol. The van der Waals surface area contributed by atoms with Crippen molar-refractivity contribution < 1.29 is 22.7 Å². The van der Waals surface area contributed by atoms with Gasteiger partial charge in [0.2, 0.25) is 0 Å². The predicted molar refractivity (Wildman–Crippen MR) is 117 cm³/mol. The van der Waals surface area contributed by atoms with Gasteiger partial charge >= 0.3 is 6.36 Å². The van der Waals surface area contributed by atoms with Crippen molar-refractivity contribution >= 4 is 17.5 Å². The lowest BCUT2D eigenvalue weighted by atomic mass is 9.89. The number of amides is 1. The molecule has 2 heterocycles. The Labute approximate surface area is 190 Å². The number of ether oxygens (including phenoxy) is 1. The van der Waals surface area contributed by atoms with Gasteiger partial charge in [0.05, 0.1) is 10.6 Å². The van der Waals surface area contributed by atoms with Crippen LogP contribution in [0.5, 0.6) is 5.75 Å². The minimum atomic E-state index is -4.73. The number of nitrogens with zero attached hydrogens (tertiary/aromatic N) is 2. The second kappa shape index (κ2) is 9.32. The van der Waals surface area contributed by atoms with Gasteiger partial charge in [-0.2, -0.15) is 0 Å². The third-order valence-corrected chi connectivity index (χ3v) is 6.60. The van der Waals surface area contributed by atoms with E-state index in [0.717, 1.165) is 42.7 Å². The molecule has 0 unspecified atom stereocenters. The van der Waals surface area contributed by atoms with E-state index in [-0.39, 0.29) is 11.7 Å². The Morgan fingerprint density at radius 1 is 1.09 bits per heavy atom. The molecular weight excluding hydrogens is 441 g/mol. The molecule has 32 heavy (non-hydrogen) atoms. The number of hydrogen-bond donors (Lipinski definition) is 0. The van der Waals surface area contributed by atoms with Crippen LogP contribution in [0.15, 0.2) is 36.4 Å². The zero-order chi connectivity index (χ0) is 22.9. The first-order valence-corrected chi connectivity index (χ1v) is 11.3. The van der Waals surface area contributed by atoms with Crippen LogP contribution < -0.4 is 4.74 Å². The Hall–Kier alpha value is -2.25. The van der Waals surface area contributed by atoms with Gasteiger partial charge in [-0.15, -0.1) is 13.2 Å². The van der Waals surface area contributed by atoms with Gasteiger partial charge in [0, 0.05) is 13.1 Å². The first kappa shape index (κ1) is 22.9. The van der Waals surface area contributed by atoms with Crippen molar-refractivity contribution in [2.45, 2.75) is 45.6 Å². The summed E-state index contributed by atoms with van der Waals surface area (Å²) in [5.74, 6) is 0.190. The van der Waals surface area contributed by atoms with Gasteiger partial charge in [-0.05, 0) is 79.7 Å². The maximum Gasteiger partial charge on any atom is 0.573 e. The molecule has 0 atom stereocenters. The van der Waals surface area contributed by atoms with Gasteiger partial charge in [0.15, 0.2) is 0 Å². The van der Waals surface area contributed by atoms with Gasteiger partial charge in [0.1, 0.15) is 5.75 Å². The maximum atomic E-state index is 12.9. The molecule has 0 aromatic heterocycles. The van der Waals surface area contributed by atoms with E-state index in [1.165, 1.54) is 37.1 Å². The quantitative estimate of drug-likeness (QED) is 0.550. The number of hydrogen-bond acceptors (Lipinski definition) is 3. The highest BCUT2D eigenvalue weighted by Crippen LogP contribution is 2.33. The van der Waals surface area contributed by atoms with Gasteiger partial charge in [-0.25, -0.2) is 0 Å². The largest absolute Gasteiger partial charge is 0.573 e. The summed E-state index contributed by atoms with van der Waals surface area (Å²) in [6.07, 6.45) is -1.43. The second-order valence-electron chi connectivity index (χ2n) is 8.55. The number of benzene rings is 2. The molecule has 2 aliphatic rings. The summed E-state index contributed by atoms with van der Waals surface area (Å²) in [4.78, 5) is 17.0. The first-order valence-electron chi connectivity index (χ1n) is 10.9. The lowest BCUT2D eigenvalue weighted by Gasteiger charge is -2.31. The standard InChI is InChI=1S/C24H26ClF3N2O2/c1-2-29-9-7-16(8-10-29)11-18-12-19-15-30(23(31)22(19)21(25)13-18)14-17-3-5-20(6-4-17)32-24(26,27)28/h3-6,12-13,16H,2,7-11,14-15H2,1H3. The number of rotatable bonds is 6. The molecule has 0 saturated carbocycles. The number of carbonyl (C=O) groups is 1. The number of fused-ring (bicyclic) bond motifs is 1. The Morgan fingerprint density at radius 2 is 1.78 bits per heavy atom. The second-order valence-corrected chi connectivity index (χ2v) is 8.95. The Kier molecular flexibility index (Phi) is 6.67. The van der Waals surface area contributed by atoms with E-state index in [9.17, 15) is 18.0 Å². The van der Waals surface area contributed by atoms with Crippen LogP contribution in [-0.4, -0.2) is 41.7 Å². The average molecular weight is 467 g/mol. The molecule has 1 saturated heterocycles. The molecular formula is C24H26ClF3N2O2. The van der Waals surface area contributed by atoms with Crippen molar-refractivity contribution in [3.05, 3.63) is 63.7 Å². The number of alkyl halides is 3. The van der Waals surface area contributed by atoms with E-state index in [1.807, 2.05) is 6.07 Å². The van der Waals surface area contributed by atoms with Crippen LogP contribution in [0, 0.1) is 5.92 Å². The van der Waals surface area contributed by atoms with Crippen molar-refractivity contribution in [2.24, 2.45) is 5.92 Å². The molecule has 0 spiro atoms. The van der Waals surface area contributed by atoms with Crippen LogP contribution >= 0.6 is 11.6 Å². The smallest absolute Gasteiger partial charge is 0.406 e. The fourth-order valence-electron chi connectivity index (χ4n) is 4.63. The average Bonchev–Trinajstić information content (AvgIpc) is 3.04. The molecule has 2 aliphatic heterocycles. The molecule has 4 rings (SSSR count). The molecule has 4 nitrogen and oxygen atoms in total. The van der Waals surface area contributed by atoms with Crippen molar-refractivity contribution in [3.63, 3.8) is 0 Å². The van der Waals surface area contributed by atoms with Crippen LogP contribution in [0.4, 0.5) is 13.2 Å². The van der Waals surface area contributed by atoms with Crippen LogP contribution in [-0.2, 0) is 19.5 Å². The van der Waals surface area contributed by atoms with Crippen LogP contribution in [0.25, 0.3) is 0 Å². The normalized spacial score (nSPS) is 17.7. The van der Waals surface area contributed by atoms with Crippen molar-refractivity contribution in [2.75, 3.05) is 19.6 Å². The molecule has 1 fully saturated rings. The fourth-order valence-corrected chi connectivity index (χ4v) is 4.97. The van der Waals surface area contributed by atoms with Gasteiger partial charge < -0.3 is 14.5 Å². The molecule has 0 bridgehead atoms. The van der Waals surface area contributed by atoms with E-state index in [1.54, 1.807) is 4.90 Å². The maximum absolute atomic E-state index is 12.9. The van der Waals surface area contributed by atoms with E-state index >= 15 is 0 Å². The van der Waals surface area contributed by atoms with Crippen molar-refractivity contribution in [1.82, 2.24) is 9.80 Å². The summed E-state index contributed by atoms with van der Waals surface area (Å²) < 4.78 is 40.9. The highest BCUT2D eigenvalue weighted by atomic mass is 35.5. The lowest BCUT2D eigenvalue weighted by Crippen LogP contribution is -2.34. The minimum absolute atomic E-state index is 0.150. The van der Waals surface area contributed by atoms with E-state index in [4.69, 9.17) is 11.6 Å². The van der Waals surface area contributed by atoms with E-state index in [0.29, 0.717) is 29.6 Å². The molecule has 8 heteroatoms. The van der Waals surface area contributed by atoms with E-state index in [2.05, 4.69) is 22.6 Å². The number of piperidine rings is 1. The zero-order valence-corrected chi connectivity index (χ0v) is 18.7. The minimum Gasteiger partial charge on any atom is -0.406 e.